The maximum Gasteiger partial charge on any atom is 0.0584 e. The summed E-state index contributed by atoms with van der Waals surface area (Å²) in [6.07, 6.45) is 0. The van der Waals surface area contributed by atoms with E-state index < -0.39 is 0 Å². The molecular formula is C15H23NO2. The summed E-state index contributed by atoms with van der Waals surface area (Å²) in [4.78, 5) is 2.21. The van der Waals surface area contributed by atoms with Gasteiger partial charge in [0.15, 0.2) is 0 Å². The van der Waals surface area contributed by atoms with Crippen LogP contribution in [0.5, 0.6) is 0 Å². The molecule has 0 amide bonds. The molecule has 1 N–H and O–H groups in total. The second kappa shape index (κ2) is 5.29. The van der Waals surface area contributed by atoms with E-state index in [-0.39, 0.29) is 12.0 Å². The third-order valence-electron chi connectivity index (χ3n) is 3.70. The fourth-order valence-electron chi connectivity index (χ4n) is 2.34. The van der Waals surface area contributed by atoms with E-state index in [1.165, 1.54) is 11.3 Å². The van der Waals surface area contributed by atoms with Crippen molar-refractivity contribution < 1.29 is 9.84 Å². The molecular weight excluding hydrogens is 226 g/mol. The standard InChI is InChI=1S/C15H23NO2/c1-12(2)13-5-4-6-14(7-13)16(3)8-15(9-17)10-18-11-15/h4-7,12,17H,8-11H2,1-3H3. The van der Waals surface area contributed by atoms with E-state index in [1.54, 1.807) is 0 Å². The third-order valence-corrected chi connectivity index (χ3v) is 3.70. The zero-order valence-corrected chi connectivity index (χ0v) is 11.5. The number of hydrogen-bond acceptors (Lipinski definition) is 3. The third kappa shape index (κ3) is 2.68. The molecule has 1 heterocycles. The van der Waals surface area contributed by atoms with Crippen molar-refractivity contribution in [2.24, 2.45) is 5.41 Å². The van der Waals surface area contributed by atoms with Gasteiger partial charge < -0.3 is 14.7 Å². The van der Waals surface area contributed by atoms with Gasteiger partial charge in [-0.15, -0.1) is 0 Å². The van der Waals surface area contributed by atoms with Crippen molar-refractivity contribution >= 4 is 5.69 Å². The first-order valence-electron chi connectivity index (χ1n) is 6.56. The second-order valence-corrected chi connectivity index (χ2v) is 5.76. The molecule has 100 valence electrons. The first kappa shape index (κ1) is 13.4. The summed E-state index contributed by atoms with van der Waals surface area (Å²) in [6, 6.07) is 8.62. The lowest BCUT2D eigenvalue weighted by Crippen LogP contribution is -2.52. The number of anilines is 1. The smallest absolute Gasteiger partial charge is 0.0584 e. The van der Waals surface area contributed by atoms with Crippen molar-refractivity contribution in [3.05, 3.63) is 29.8 Å². The van der Waals surface area contributed by atoms with Crippen LogP contribution in [0.1, 0.15) is 25.3 Å². The molecule has 1 aliphatic heterocycles. The molecule has 2 rings (SSSR count). The van der Waals surface area contributed by atoms with Crippen LogP contribution < -0.4 is 4.90 Å². The number of ether oxygens (including phenoxy) is 1. The van der Waals surface area contributed by atoms with Crippen molar-refractivity contribution in [2.75, 3.05) is 38.3 Å². The van der Waals surface area contributed by atoms with Crippen LogP contribution in [0.3, 0.4) is 0 Å². The van der Waals surface area contributed by atoms with Gasteiger partial charge in [0, 0.05) is 19.3 Å². The SMILES string of the molecule is CC(C)c1cccc(N(C)CC2(CO)COC2)c1. The molecule has 0 saturated carbocycles. The predicted octanol–water partition coefficient (Wildman–Crippen LogP) is 2.26. The summed E-state index contributed by atoms with van der Waals surface area (Å²) in [5.41, 5.74) is 2.49. The normalized spacial score (nSPS) is 17.6. The molecule has 0 atom stereocenters. The number of hydrogen-bond donors (Lipinski definition) is 1. The minimum Gasteiger partial charge on any atom is -0.396 e. The first-order chi connectivity index (χ1) is 8.56. The molecule has 0 bridgehead atoms. The van der Waals surface area contributed by atoms with Crippen LogP contribution in [0.15, 0.2) is 24.3 Å². The molecule has 0 unspecified atom stereocenters. The Kier molecular flexibility index (Phi) is 3.93. The van der Waals surface area contributed by atoms with E-state index >= 15 is 0 Å². The van der Waals surface area contributed by atoms with Gasteiger partial charge in [-0.25, -0.2) is 0 Å². The van der Waals surface area contributed by atoms with E-state index in [2.05, 4.69) is 50.1 Å². The minimum atomic E-state index is -0.0669. The highest BCUT2D eigenvalue weighted by Crippen LogP contribution is 2.30. The maximum atomic E-state index is 9.47. The zero-order valence-electron chi connectivity index (χ0n) is 11.5. The van der Waals surface area contributed by atoms with Gasteiger partial charge in [0.25, 0.3) is 0 Å². The summed E-state index contributed by atoms with van der Waals surface area (Å²) in [5.74, 6) is 0.539. The van der Waals surface area contributed by atoms with Gasteiger partial charge in [0.1, 0.15) is 0 Å². The molecule has 0 spiro atoms. The van der Waals surface area contributed by atoms with Crippen molar-refractivity contribution in [1.82, 2.24) is 0 Å². The van der Waals surface area contributed by atoms with Crippen LogP contribution in [-0.2, 0) is 4.74 Å². The molecule has 3 nitrogen and oxygen atoms in total. The van der Waals surface area contributed by atoms with E-state index in [0.29, 0.717) is 19.1 Å². The fraction of sp³-hybridized carbons (Fsp3) is 0.600. The lowest BCUT2D eigenvalue weighted by Gasteiger charge is -2.43. The molecule has 1 saturated heterocycles. The summed E-state index contributed by atoms with van der Waals surface area (Å²) in [7, 11) is 2.08. The number of aliphatic hydroxyl groups is 1. The van der Waals surface area contributed by atoms with Gasteiger partial charge >= 0.3 is 0 Å². The molecule has 18 heavy (non-hydrogen) atoms. The summed E-state index contributed by atoms with van der Waals surface area (Å²) in [6.45, 7) is 6.77. The van der Waals surface area contributed by atoms with Gasteiger partial charge in [0.05, 0.1) is 25.2 Å². The quantitative estimate of drug-likeness (QED) is 0.869. The van der Waals surface area contributed by atoms with Gasteiger partial charge in [-0.1, -0.05) is 26.0 Å². The van der Waals surface area contributed by atoms with Crippen LogP contribution in [-0.4, -0.2) is 38.5 Å². The van der Waals surface area contributed by atoms with Crippen LogP contribution in [0, 0.1) is 5.41 Å². The van der Waals surface area contributed by atoms with E-state index in [0.717, 1.165) is 6.54 Å². The molecule has 1 aliphatic rings. The fourth-order valence-corrected chi connectivity index (χ4v) is 2.34. The Labute approximate surface area is 109 Å². The van der Waals surface area contributed by atoms with Gasteiger partial charge in [-0.05, 0) is 23.6 Å². The Bertz CT molecular complexity index is 394. The Morgan fingerprint density at radius 3 is 2.61 bits per heavy atom. The van der Waals surface area contributed by atoms with E-state index in [4.69, 9.17) is 4.74 Å². The number of benzene rings is 1. The molecule has 0 aromatic heterocycles. The molecule has 3 heteroatoms. The average molecular weight is 249 g/mol. The molecule has 1 fully saturated rings. The minimum absolute atomic E-state index is 0.0669. The Morgan fingerprint density at radius 2 is 2.11 bits per heavy atom. The van der Waals surface area contributed by atoms with Crippen LogP contribution in [0.4, 0.5) is 5.69 Å². The Hall–Kier alpha value is -1.06. The lowest BCUT2D eigenvalue weighted by molar-refractivity contribution is -0.130. The second-order valence-electron chi connectivity index (χ2n) is 5.76. The highest BCUT2D eigenvalue weighted by atomic mass is 16.5. The van der Waals surface area contributed by atoms with Crippen molar-refractivity contribution in [3.63, 3.8) is 0 Å². The van der Waals surface area contributed by atoms with Crippen molar-refractivity contribution in [2.45, 2.75) is 19.8 Å². The first-order valence-corrected chi connectivity index (χ1v) is 6.56. The Balaban J connectivity index is 2.08. The number of nitrogens with zero attached hydrogens (tertiary/aromatic N) is 1. The summed E-state index contributed by atoms with van der Waals surface area (Å²) in [5, 5.41) is 9.47. The molecule has 0 radical (unpaired) electrons. The van der Waals surface area contributed by atoms with Gasteiger partial charge in [-0.3, -0.25) is 0 Å². The van der Waals surface area contributed by atoms with Gasteiger partial charge in [0.2, 0.25) is 0 Å². The van der Waals surface area contributed by atoms with E-state index in [9.17, 15) is 5.11 Å². The Morgan fingerprint density at radius 1 is 1.39 bits per heavy atom. The highest BCUT2D eigenvalue weighted by molar-refractivity contribution is 5.48. The van der Waals surface area contributed by atoms with Gasteiger partial charge in [-0.2, -0.15) is 0 Å². The van der Waals surface area contributed by atoms with Crippen molar-refractivity contribution in [1.29, 1.82) is 0 Å². The van der Waals surface area contributed by atoms with E-state index in [1.807, 2.05) is 0 Å². The van der Waals surface area contributed by atoms with Crippen LogP contribution >= 0.6 is 0 Å². The largest absolute Gasteiger partial charge is 0.396 e. The maximum absolute atomic E-state index is 9.47. The summed E-state index contributed by atoms with van der Waals surface area (Å²) < 4.78 is 5.24. The monoisotopic (exact) mass is 249 g/mol. The lowest BCUT2D eigenvalue weighted by atomic mass is 9.86. The topological polar surface area (TPSA) is 32.7 Å². The summed E-state index contributed by atoms with van der Waals surface area (Å²) >= 11 is 0. The molecule has 1 aromatic carbocycles. The zero-order chi connectivity index (χ0) is 13.2. The number of aliphatic hydroxyl groups excluding tert-OH is 1. The highest BCUT2D eigenvalue weighted by Gasteiger charge is 2.39. The van der Waals surface area contributed by atoms with Crippen molar-refractivity contribution in [3.8, 4) is 0 Å². The average Bonchev–Trinajstić information content (AvgIpc) is 2.33. The molecule has 1 aromatic rings. The van der Waals surface area contributed by atoms with Crippen LogP contribution in [0.25, 0.3) is 0 Å². The van der Waals surface area contributed by atoms with Crippen LogP contribution in [0.2, 0.25) is 0 Å². The predicted molar refractivity (Wildman–Crippen MR) is 74.1 cm³/mol. The molecule has 0 aliphatic carbocycles. The number of rotatable bonds is 5.